The van der Waals surface area contributed by atoms with Crippen LogP contribution in [0.3, 0.4) is 0 Å². The Balaban J connectivity index is 0. The Labute approximate surface area is 68.6 Å². The van der Waals surface area contributed by atoms with Crippen LogP contribution in [0.4, 0.5) is 0 Å². The van der Waals surface area contributed by atoms with Crippen molar-refractivity contribution in [1.29, 1.82) is 0 Å². The van der Waals surface area contributed by atoms with Crippen LogP contribution >= 0.6 is 24.0 Å². The molecule has 0 fully saturated rings. The Kier molecular flexibility index (Phi) is 11.6. The molecule has 1 atom stereocenters. The third kappa shape index (κ3) is 8.54. The lowest BCUT2D eigenvalue weighted by Gasteiger charge is -2.07. The van der Waals surface area contributed by atoms with E-state index in [0.29, 0.717) is 11.9 Å². The molecule has 1 N–H and O–H groups in total. The Morgan fingerprint density at radius 2 is 2.11 bits per heavy atom. The molecule has 0 aromatic carbocycles. The van der Waals surface area contributed by atoms with Crippen LogP contribution in [0.2, 0.25) is 0 Å². The predicted octanol–water partition coefficient (Wildman–Crippen LogP) is 2.04. The van der Waals surface area contributed by atoms with Crippen LogP contribution in [0, 0.1) is 0 Å². The van der Waals surface area contributed by atoms with E-state index in [-0.39, 0.29) is 12.4 Å². The monoisotopic (exact) mass is 171 g/mol. The lowest BCUT2D eigenvalue weighted by molar-refractivity contribution is 0.554. The molecule has 0 radical (unpaired) electrons. The summed E-state index contributed by atoms with van der Waals surface area (Å²) in [5.41, 5.74) is 0. The second kappa shape index (κ2) is 8.54. The molecule has 0 aliphatic heterocycles. The number of alkyl halides is 1. The van der Waals surface area contributed by atoms with E-state index in [1.807, 2.05) is 0 Å². The van der Waals surface area contributed by atoms with Crippen molar-refractivity contribution in [3.63, 3.8) is 0 Å². The van der Waals surface area contributed by atoms with Crippen LogP contribution in [0.5, 0.6) is 0 Å². The highest BCUT2D eigenvalue weighted by atomic mass is 35.5. The van der Waals surface area contributed by atoms with Gasteiger partial charge in [-0.05, 0) is 13.3 Å². The van der Waals surface area contributed by atoms with Gasteiger partial charge in [0.15, 0.2) is 0 Å². The lowest BCUT2D eigenvalue weighted by atomic mass is 10.3. The molecule has 0 rings (SSSR count). The fourth-order valence-electron chi connectivity index (χ4n) is 0.445. The quantitative estimate of drug-likeness (QED) is 0.640. The molecule has 0 spiro atoms. The molecule has 1 unspecified atom stereocenters. The minimum atomic E-state index is 0. The summed E-state index contributed by atoms with van der Waals surface area (Å²) in [5, 5.41) is 3.25. The third-order valence-electron chi connectivity index (χ3n) is 1.20. The van der Waals surface area contributed by atoms with Gasteiger partial charge in [0.1, 0.15) is 0 Å². The van der Waals surface area contributed by atoms with Gasteiger partial charge in [-0.15, -0.1) is 24.0 Å². The third-order valence-corrected chi connectivity index (χ3v) is 1.39. The van der Waals surface area contributed by atoms with E-state index in [9.17, 15) is 0 Å². The van der Waals surface area contributed by atoms with Crippen LogP contribution in [0.15, 0.2) is 0 Å². The molecule has 0 saturated heterocycles. The van der Waals surface area contributed by atoms with Crippen molar-refractivity contribution in [2.45, 2.75) is 26.3 Å². The van der Waals surface area contributed by atoms with Gasteiger partial charge in [0.2, 0.25) is 0 Å². The summed E-state index contributed by atoms with van der Waals surface area (Å²) >= 11 is 5.44. The molecule has 0 aliphatic carbocycles. The maximum absolute atomic E-state index is 5.44. The van der Waals surface area contributed by atoms with Gasteiger partial charge in [-0.25, -0.2) is 0 Å². The summed E-state index contributed by atoms with van der Waals surface area (Å²) in [4.78, 5) is 0. The number of hydrogen-bond donors (Lipinski definition) is 1. The van der Waals surface area contributed by atoms with Gasteiger partial charge < -0.3 is 5.32 Å². The van der Waals surface area contributed by atoms with Crippen LogP contribution in [-0.4, -0.2) is 18.5 Å². The van der Waals surface area contributed by atoms with Crippen molar-refractivity contribution < 1.29 is 0 Å². The van der Waals surface area contributed by atoms with Crippen molar-refractivity contribution in [3.05, 3.63) is 0 Å². The highest BCUT2D eigenvalue weighted by Crippen LogP contribution is 1.85. The highest BCUT2D eigenvalue weighted by molar-refractivity contribution is 6.18. The molecule has 0 amide bonds. The van der Waals surface area contributed by atoms with Crippen LogP contribution in [0.25, 0.3) is 0 Å². The van der Waals surface area contributed by atoms with Crippen LogP contribution < -0.4 is 5.32 Å². The Hall–Kier alpha value is 0.540. The fourth-order valence-corrected chi connectivity index (χ4v) is 0.554. The molecule has 3 heteroatoms. The summed E-state index contributed by atoms with van der Waals surface area (Å²) in [6.45, 7) is 5.25. The van der Waals surface area contributed by atoms with Gasteiger partial charge in [0.25, 0.3) is 0 Å². The van der Waals surface area contributed by atoms with Gasteiger partial charge in [0, 0.05) is 18.5 Å². The molecule has 0 saturated carbocycles. The standard InChI is InChI=1S/C6H14ClN.ClH/c1-3-6(2)8-5-4-7;/h6,8H,3-5H2,1-2H3;1H. The molecular formula is C6H15Cl2N. The maximum Gasteiger partial charge on any atom is 0.0348 e. The summed E-state index contributed by atoms with van der Waals surface area (Å²) < 4.78 is 0. The SMILES string of the molecule is CCC(C)NCCCl.Cl. The molecule has 0 aromatic rings. The fraction of sp³-hybridized carbons (Fsp3) is 1.00. The average Bonchev–Trinajstić information content (AvgIpc) is 1.83. The molecule has 0 bridgehead atoms. The van der Waals surface area contributed by atoms with Crippen LogP contribution in [-0.2, 0) is 0 Å². The second-order valence-electron chi connectivity index (χ2n) is 1.95. The van der Waals surface area contributed by atoms with Crippen molar-refractivity contribution in [2.75, 3.05) is 12.4 Å². The van der Waals surface area contributed by atoms with Gasteiger partial charge in [-0.2, -0.15) is 0 Å². The first-order valence-corrected chi connectivity index (χ1v) is 3.64. The maximum atomic E-state index is 5.44. The summed E-state index contributed by atoms with van der Waals surface area (Å²) in [6, 6.07) is 0.619. The summed E-state index contributed by atoms with van der Waals surface area (Å²) in [5.74, 6) is 0.713. The number of halogens is 2. The molecule has 0 heterocycles. The van der Waals surface area contributed by atoms with E-state index in [0.717, 1.165) is 6.54 Å². The van der Waals surface area contributed by atoms with E-state index < -0.39 is 0 Å². The summed E-state index contributed by atoms with van der Waals surface area (Å²) in [7, 11) is 0. The molecule has 9 heavy (non-hydrogen) atoms. The van der Waals surface area contributed by atoms with E-state index >= 15 is 0 Å². The second-order valence-corrected chi connectivity index (χ2v) is 2.33. The highest BCUT2D eigenvalue weighted by Gasteiger charge is 1.92. The van der Waals surface area contributed by atoms with E-state index in [1.54, 1.807) is 0 Å². The first-order valence-electron chi connectivity index (χ1n) is 3.10. The van der Waals surface area contributed by atoms with Crippen molar-refractivity contribution in [1.82, 2.24) is 5.32 Å². The zero-order valence-electron chi connectivity index (χ0n) is 5.98. The summed E-state index contributed by atoms with van der Waals surface area (Å²) in [6.07, 6.45) is 1.18. The Morgan fingerprint density at radius 3 is 2.44 bits per heavy atom. The van der Waals surface area contributed by atoms with Crippen molar-refractivity contribution >= 4 is 24.0 Å². The van der Waals surface area contributed by atoms with Crippen molar-refractivity contribution in [3.8, 4) is 0 Å². The Bertz CT molecular complexity index is 50.3. The van der Waals surface area contributed by atoms with Gasteiger partial charge in [0.05, 0.1) is 0 Å². The number of nitrogens with one attached hydrogen (secondary N) is 1. The van der Waals surface area contributed by atoms with E-state index in [4.69, 9.17) is 11.6 Å². The minimum Gasteiger partial charge on any atom is -0.313 e. The van der Waals surface area contributed by atoms with Crippen molar-refractivity contribution in [2.24, 2.45) is 0 Å². The smallest absolute Gasteiger partial charge is 0.0348 e. The molecular weight excluding hydrogens is 157 g/mol. The van der Waals surface area contributed by atoms with Gasteiger partial charge >= 0.3 is 0 Å². The predicted molar refractivity (Wildman–Crippen MR) is 45.7 cm³/mol. The van der Waals surface area contributed by atoms with Crippen LogP contribution in [0.1, 0.15) is 20.3 Å². The topological polar surface area (TPSA) is 12.0 Å². The Morgan fingerprint density at radius 1 is 1.56 bits per heavy atom. The normalized spacial score (nSPS) is 12.3. The molecule has 1 nitrogen and oxygen atoms in total. The van der Waals surface area contributed by atoms with Gasteiger partial charge in [-0.3, -0.25) is 0 Å². The number of hydrogen-bond acceptors (Lipinski definition) is 1. The van der Waals surface area contributed by atoms with E-state index in [1.165, 1.54) is 6.42 Å². The van der Waals surface area contributed by atoms with E-state index in [2.05, 4.69) is 19.2 Å². The number of rotatable bonds is 4. The minimum absolute atomic E-state index is 0. The van der Waals surface area contributed by atoms with Gasteiger partial charge in [-0.1, -0.05) is 6.92 Å². The zero-order chi connectivity index (χ0) is 6.41. The zero-order valence-corrected chi connectivity index (χ0v) is 7.56. The molecule has 0 aliphatic rings. The molecule has 58 valence electrons. The lowest BCUT2D eigenvalue weighted by Crippen LogP contribution is -2.26. The molecule has 0 aromatic heterocycles. The first-order chi connectivity index (χ1) is 3.81. The first kappa shape index (κ1) is 12.2. The largest absolute Gasteiger partial charge is 0.313 e. The average molecular weight is 172 g/mol.